The van der Waals surface area contributed by atoms with Crippen molar-refractivity contribution < 1.29 is 13.2 Å². The summed E-state index contributed by atoms with van der Waals surface area (Å²) in [6.45, 7) is 4.99. The van der Waals surface area contributed by atoms with Crippen molar-refractivity contribution in [2.75, 3.05) is 18.4 Å². The second-order valence-corrected chi connectivity index (χ2v) is 10.3. The lowest BCUT2D eigenvalue weighted by Gasteiger charge is -2.30. The van der Waals surface area contributed by atoms with Crippen LogP contribution in [0.25, 0.3) is 0 Å². The fraction of sp³-hybridized carbons (Fsp3) is 0.500. The molecule has 10 heteroatoms. The predicted molar refractivity (Wildman–Crippen MR) is 110 cm³/mol. The van der Waals surface area contributed by atoms with Gasteiger partial charge in [-0.1, -0.05) is 36.8 Å². The van der Waals surface area contributed by atoms with Gasteiger partial charge in [0.25, 0.3) is 5.91 Å². The Labute approximate surface area is 174 Å². The Balaban J connectivity index is 1.83. The van der Waals surface area contributed by atoms with E-state index in [0.29, 0.717) is 24.1 Å². The maximum absolute atomic E-state index is 13.1. The number of halogens is 1. The van der Waals surface area contributed by atoms with Crippen LogP contribution in [-0.4, -0.2) is 41.9 Å². The number of benzene rings is 1. The molecule has 2 heterocycles. The average Bonchev–Trinajstić information content (AvgIpc) is 3.09. The Morgan fingerprint density at radius 3 is 2.89 bits per heavy atom. The Hall–Kier alpha value is -1.55. The van der Waals surface area contributed by atoms with Gasteiger partial charge in [-0.25, -0.2) is 8.42 Å². The Morgan fingerprint density at radius 1 is 1.39 bits per heavy atom. The van der Waals surface area contributed by atoms with Crippen LogP contribution in [-0.2, 0) is 16.4 Å². The van der Waals surface area contributed by atoms with Crippen LogP contribution in [0.15, 0.2) is 23.1 Å². The van der Waals surface area contributed by atoms with Crippen LogP contribution in [0, 0.1) is 5.92 Å². The first kappa shape index (κ1) is 21.2. The molecule has 7 nitrogen and oxygen atoms in total. The van der Waals surface area contributed by atoms with Gasteiger partial charge in [-0.3, -0.25) is 10.1 Å². The van der Waals surface area contributed by atoms with Crippen molar-refractivity contribution >= 4 is 44.0 Å². The number of sulfonamides is 1. The predicted octanol–water partition coefficient (Wildman–Crippen LogP) is 3.82. The van der Waals surface area contributed by atoms with E-state index in [2.05, 4.69) is 15.5 Å². The third kappa shape index (κ3) is 4.71. The molecule has 0 aliphatic carbocycles. The highest BCUT2D eigenvalue weighted by Crippen LogP contribution is 2.29. The van der Waals surface area contributed by atoms with Crippen molar-refractivity contribution in [1.29, 1.82) is 0 Å². The first-order chi connectivity index (χ1) is 13.3. The number of nitrogens with zero attached hydrogens (tertiary/aromatic N) is 3. The van der Waals surface area contributed by atoms with Crippen LogP contribution >= 0.6 is 22.9 Å². The number of aryl methyl sites for hydroxylation is 1. The van der Waals surface area contributed by atoms with Gasteiger partial charge in [-0.05, 0) is 43.4 Å². The molecule has 0 bridgehead atoms. The van der Waals surface area contributed by atoms with Gasteiger partial charge in [0.2, 0.25) is 15.2 Å². The third-order valence-corrected chi connectivity index (χ3v) is 7.83. The van der Waals surface area contributed by atoms with Crippen molar-refractivity contribution in [2.24, 2.45) is 5.92 Å². The summed E-state index contributed by atoms with van der Waals surface area (Å²) >= 11 is 7.49. The lowest BCUT2D eigenvalue weighted by molar-refractivity contribution is 0.102. The van der Waals surface area contributed by atoms with Crippen LogP contribution in [0.5, 0.6) is 0 Å². The summed E-state index contributed by atoms with van der Waals surface area (Å²) in [4.78, 5) is 12.5. The number of piperidine rings is 1. The first-order valence-electron chi connectivity index (χ1n) is 9.24. The van der Waals surface area contributed by atoms with Gasteiger partial charge in [-0.2, -0.15) is 4.31 Å². The normalized spacial score (nSPS) is 18.2. The van der Waals surface area contributed by atoms with E-state index in [1.54, 1.807) is 0 Å². The van der Waals surface area contributed by atoms with Crippen molar-refractivity contribution in [3.8, 4) is 0 Å². The van der Waals surface area contributed by atoms with E-state index in [9.17, 15) is 13.2 Å². The van der Waals surface area contributed by atoms with E-state index >= 15 is 0 Å². The summed E-state index contributed by atoms with van der Waals surface area (Å²) in [5.41, 5.74) is 0.209. The minimum Gasteiger partial charge on any atom is -0.296 e. The SMILES string of the molecule is CCCc1nnc(NC(=O)c2ccc(Cl)c(S(=O)(=O)N3CCCC(C)C3)c2)s1. The van der Waals surface area contributed by atoms with Crippen LogP contribution in [0.3, 0.4) is 0 Å². The molecule has 1 unspecified atom stereocenters. The Kier molecular flexibility index (Phi) is 6.69. The monoisotopic (exact) mass is 442 g/mol. The number of nitrogens with one attached hydrogen (secondary N) is 1. The number of aromatic nitrogens is 2. The standard InChI is InChI=1S/C18H23ClN4O3S2/c1-3-5-16-21-22-18(27-16)20-17(24)13-7-8-14(19)15(10-13)28(25,26)23-9-4-6-12(2)11-23/h7-8,10,12H,3-6,9,11H2,1-2H3,(H,20,22,24). The van der Waals surface area contributed by atoms with Crippen LogP contribution < -0.4 is 5.32 Å². The van der Waals surface area contributed by atoms with Gasteiger partial charge in [0.1, 0.15) is 9.90 Å². The zero-order valence-electron chi connectivity index (χ0n) is 15.8. The molecule has 1 atom stereocenters. The molecule has 1 aliphatic rings. The molecule has 1 fully saturated rings. The molecule has 1 aromatic heterocycles. The highest BCUT2D eigenvalue weighted by molar-refractivity contribution is 7.89. The molecule has 1 aromatic carbocycles. The van der Waals surface area contributed by atoms with Crippen molar-refractivity contribution in [3.05, 3.63) is 33.8 Å². The topological polar surface area (TPSA) is 92.3 Å². The quantitative estimate of drug-likeness (QED) is 0.734. The highest BCUT2D eigenvalue weighted by Gasteiger charge is 2.31. The molecule has 0 saturated carbocycles. The van der Waals surface area contributed by atoms with Crippen molar-refractivity contribution in [3.63, 3.8) is 0 Å². The highest BCUT2D eigenvalue weighted by atomic mass is 35.5. The fourth-order valence-corrected chi connectivity index (χ4v) is 6.07. The Bertz CT molecular complexity index is 961. The van der Waals surface area contributed by atoms with E-state index in [1.807, 2.05) is 13.8 Å². The number of hydrogen-bond acceptors (Lipinski definition) is 6. The van der Waals surface area contributed by atoms with Crippen molar-refractivity contribution in [2.45, 2.75) is 44.4 Å². The summed E-state index contributed by atoms with van der Waals surface area (Å²) < 4.78 is 27.6. The molecule has 0 spiro atoms. The van der Waals surface area contributed by atoms with Gasteiger partial charge in [0, 0.05) is 25.1 Å². The molecule has 28 heavy (non-hydrogen) atoms. The largest absolute Gasteiger partial charge is 0.296 e. The molecule has 1 N–H and O–H groups in total. The van der Waals surface area contributed by atoms with E-state index < -0.39 is 15.9 Å². The van der Waals surface area contributed by atoms with Crippen LogP contribution in [0.2, 0.25) is 5.02 Å². The second-order valence-electron chi connectivity index (χ2n) is 6.96. The summed E-state index contributed by atoms with van der Waals surface area (Å²) in [6.07, 6.45) is 3.56. The molecule has 1 aliphatic heterocycles. The van der Waals surface area contributed by atoms with Gasteiger partial charge >= 0.3 is 0 Å². The van der Waals surface area contributed by atoms with Gasteiger partial charge < -0.3 is 0 Å². The average molecular weight is 443 g/mol. The molecule has 1 amide bonds. The number of hydrogen-bond donors (Lipinski definition) is 1. The molecule has 1 saturated heterocycles. The van der Waals surface area contributed by atoms with Crippen molar-refractivity contribution in [1.82, 2.24) is 14.5 Å². The smallest absolute Gasteiger partial charge is 0.257 e. The molecule has 3 rings (SSSR count). The van der Waals surface area contributed by atoms with Gasteiger partial charge in [0.15, 0.2) is 0 Å². The molecule has 2 aromatic rings. The zero-order valence-corrected chi connectivity index (χ0v) is 18.2. The number of carbonyl (C=O) groups is 1. The van der Waals surface area contributed by atoms with Crippen LogP contribution in [0.1, 0.15) is 48.5 Å². The van der Waals surface area contributed by atoms with Crippen LogP contribution in [0.4, 0.5) is 5.13 Å². The third-order valence-electron chi connectivity index (χ3n) is 4.58. The van der Waals surface area contributed by atoms with Gasteiger partial charge in [-0.15, -0.1) is 10.2 Å². The zero-order chi connectivity index (χ0) is 20.3. The molecular weight excluding hydrogens is 420 g/mol. The minimum absolute atomic E-state index is 0.0418. The summed E-state index contributed by atoms with van der Waals surface area (Å²) in [6, 6.07) is 4.28. The molecular formula is C18H23ClN4O3S2. The molecule has 0 radical (unpaired) electrons. The summed E-state index contributed by atoms with van der Waals surface area (Å²) in [7, 11) is -3.76. The number of carbonyl (C=O) groups excluding carboxylic acids is 1. The van der Waals surface area contributed by atoms with E-state index in [-0.39, 0.29) is 15.5 Å². The van der Waals surface area contributed by atoms with E-state index in [4.69, 9.17) is 11.6 Å². The lowest BCUT2D eigenvalue weighted by Crippen LogP contribution is -2.39. The molecule has 152 valence electrons. The van der Waals surface area contributed by atoms with Gasteiger partial charge in [0.05, 0.1) is 5.02 Å². The number of anilines is 1. The number of rotatable bonds is 6. The lowest BCUT2D eigenvalue weighted by atomic mass is 10.0. The maximum atomic E-state index is 13.1. The summed E-state index contributed by atoms with van der Waals surface area (Å²) in [5, 5.41) is 12.0. The second kappa shape index (κ2) is 8.86. The summed E-state index contributed by atoms with van der Waals surface area (Å²) in [5.74, 6) is -0.150. The minimum atomic E-state index is -3.76. The first-order valence-corrected chi connectivity index (χ1v) is 11.9. The number of amides is 1. The maximum Gasteiger partial charge on any atom is 0.257 e. The Morgan fingerprint density at radius 2 is 2.18 bits per heavy atom. The van der Waals surface area contributed by atoms with E-state index in [1.165, 1.54) is 33.8 Å². The fourth-order valence-electron chi connectivity index (χ4n) is 3.13. The van der Waals surface area contributed by atoms with E-state index in [0.717, 1.165) is 30.7 Å².